The fraction of sp³-hybridized carbons (Fsp3) is 0.409. The normalized spacial score (nSPS) is 16.3. The predicted octanol–water partition coefficient (Wildman–Crippen LogP) is 3.22. The fourth-order valence-electron chi connectivity index (χ4n) is 3.37. The van der Waals surface area contributed by atoms with Gasteiger partial charge in [0, 0.05) is 43.6 Å². The van der Waals surface area contributed by atoms with Gasteiger partial charge in [0.05, 0.1) is 5.56 Å². The summed E-state index contributed by atoms with van der Waals surface area (Å²) in [5.41, 5.74) is 2.57. The molecule has 28 heavy (non-hydrogen) atoms. The van der Waals surface area contributed by atoms with Crippen molar-refractivity contribution in [2.45, 2.75) is 45.8 Å². The van der Waals surface area contributed by atoms with Gasteiger partial charge < -0.3 is 15.1 Å². The molecule has 0 bridgehead atoms. The van der Waals surface area contributed by atoms with E-state index in [1.54, 1.807) is 17.2 Å². The SMILES string of the molecule is Cc1ccc(C(=O)N2CC[C@@H](NC(=O)N(Cc3ccccc3)C(C)C)C2)cn1. The largest absolute Gasteiger partial charge is 0.336 e. The van der Waals surface area contributed by atoms with Gasteiger partial charge in [0.1, 0.15) is 0 Å². The number of benzene rings is 1. The summed E-state index contributed by atoms with van der Waals surface area (Å²) in [6, 6.07) is 13.6. The van der Waals surface area contributed by atoms with Crippen LogP contribution in [0.3, 0.4) is 0 Å². The Morgan fingerprint density at radius 3 is 2.61 bits per heavy atom. The van der Waals surface area contributed by atoms with E-state index in [1.165, 1.54) is 0 Å². The number of pyridine rings is 1. The zero-order valence-corrected chi connectivity index (χ0v) is 16.8. The van der Waals surface area contributed by atoms with Crippen LogP contribution in [0.15, 0.2) is 48.7 Å². The van der Waals surface area contributed by atoms with E-state index in [2.05, 4.69) is 10.3 Å². The number of hydrogen-bond donors (Lipinski definition) is 1. The molecule has 6 nitrogen and oxygen atoms in total. The number of nitrogens with one attached hydrogen (secondary N) is 1. The lowest BCUT2D eigenvalue weighted by atomic mass is 10.2. The molecule has 2 heterocycles. The van der Waals surface area contributed by atoms with E-state index in [-0.39, 0.29) is 24.0 Å². The second-order valence-corrected chi connectivity index (χ2v) is 7.58. The van der Waals surface area contributed by atoms with Crippen LogP contribution >= 0.6 is 0 Å². The number of aryl methyl sites for hydroxylation is 1. The average Bonchev–Trinajstić information content (AvgIpc) is 3.15. The summed E-state index contributed by atoms with van der Waals surface area (Å²) >= 11 is 0. The lowest BCUT2D eigenvalue weighted by molar-refractivity contribution is 0.0788. The first-order valence-electron chi connectivity index (χ1n) is 9.77. The van der Waals surface area contributed by atoms with E-state index in [9.17, 15) is 9.59 Å². The second kappa shape index (κ2) is 8.87. The molecule has 0 radical (unpaired) electrons. The molecule has 0 saturated carbocycles. The molecule has 1 aliphatic heterocycles. The summed E-state index contributed by atoms with van der Waals surface area (Å²) in [5, 5.41) is 3.10. The van der Waals surface area contributed by atoms with Crippen molar-refractivity contribution in [1.82, 2.24) is 20.1 Å². The minimum atomic E-state index is -0.0878. The van der Waals surface area contributed by atoms with Gasteiger partial charge in [-0.15, -0.1) is 0 Å². The first kappa shape index (κ1) is 19.9. The minimum Gasteiger partial charge on any atom is -0.336 e. The number of amides is 3. The number of rotatable bonds is 5. The van der Waals surface area contributed by atoms with Gasteiger partial charge in [-0.1, -0.05) is 30.3 Å². The maximum absolute atomic E-state index is 12.8. The number of likely N-dealkylation sites (tertiary alicyclic amines) is 1. The molecule has 3 rings (SSSR count). The van der Waals surface area contributed by atoms with E-state index in [1.807, 2.05) is 62.1 Å². The van der Waals surface area contributed by atoms with E-state index in [4.69, 9.17) is 0 Å². The van der Waals surface area contributed by atoms with Crippen LogP contribution in [0.2, 0.25) is 0 Å². The van der Waals surface area contributed by atoms with Gasteiger partial charge >= 0.3 is 6.03 Å². The summed E-state index contributed by atoms with van der Waals surface area (Å²) in [7, 11) is 0. The van der Waals surface area contributed by atoms with Crippen LogP contribution in [-0.4, -0.2) is 51.9 Å². The van der Waals surface area contributed by atoms with E-state index in [0.29, 0.717) is 25.2 Å². The Labute approximate surface area is 166 Å². The van der Waals surface area contributed by atoms with Gasteiger partial charge in [-0.3, -0.25) is 9.78 Å². The topological polar surface area (TPSA) is 65.5 Å². The van der Waals surface area contributed by atoms with Gasteiger partial charge in [-0.05, 0) is 44.9 Å². The molecule has 1 aromatic carbocycles. The van der Waals surface area contributed by atoms with Crippen molar-refractivity contribution >= 4 is 11.9 Å². The summed E-state index contributed by atoms with van der Waals surface area (Å²) in [6.07, 6.45) is 2.37. The van der Waals surface area contributed by atoms with Crippen molar-refractivity contribution in [3.63, 3.8) is 0 Å². The molecule has 2 aromatic rings. The van der Waals surface area contributed by atoms with E-state index >= 15 is 0 Å². The predicted molar refractivity (Wildman–Crippen MR) is 109 cm³/mol. The molecule has 0 aliphatic carbocycles. The number of aromatic nitrogens is 1. The molecule has 1 aromatic heterocycles. The Balaban J connectivity index is 1.58. The number of urea groups is 1. The van der Waals surface area contributed by atoms with Crippen LogP contribution in [0.1, 0.15) is 41.9 Å². The standard InChI is InChI=1S/C22H28N4O2/c1-16(2)26(14-18-7-5-4-6-8-18)22(28)24-20-11-12-25(15-20)21(27)19-10-9-17(3)23-13-19/h4-10,13,16,20H,11-12,14-15H2,1-3H3,(H,24,28)/t20-/m1/s1. The Bertz CT molecular complexity index is 805. The zero-order chi connectivity index (χ0) is 20.1. The lowest BCUT2D eigenvalue weighted by Crippen LogP contribution is -2.48. The second-order valence-electron chi connectivity index (χ2n) is 7.58. The molecule has 1 saturated heterocycles. The van der Waals surface area contributed by atoms with Gasteiger partial charge in [0.25, 0.3) is 5.91 Å². The molecular weight excluding hydrogens is 352 g/mol. The number of hydrogen-bond acceptors (Lipinski definition) is 3. The number of nitrogens with zero attached hydrogens (tertiary/aromatic N) is 3. The summed E-state index contributed by atoms with van der Waals surface area (Å²) in [4.78, 5) is 33.3. The van der Waals surface area contributed by atoms with Crippen molar-refractivity contribution in [2.24, 2.45) is 0 Å². The highest BCUT2D eigenvalue weighted by molar-refractivity contribution is 5.94. The lowest BCUT2D eigenvalue weighted by Gasteiger charge is -2.28. The number of carbonyl (C=O) groups is 2. The first-order chi connectivity index (χ1) is 13.4. The molecule has 3 amide bonds. The Morgan fingerprint density at radius 1 is 1.21 bits per heavy atom. The summed E-state index contributed by atoms with van der Waals surface area (Å²) < 4.78 is 0. The summed E-state index contributed by atoms with van der Waals surface area (Å²) in [5.74, 6) is -0.0331. The summed E-state index contributed by atoms with van der Waals surface area (Å²) in [6.45, 7) is 7.64. The first-order valence-corrected chi connectivity index (χ1v) is 9.77. The molecule has 1 fully saturated rings. The molecule has 0 spiro atoms. The van der Waals surface area contributed by atoms with Gasteiger partial charge in [-0.25, -0.2) is 4.79 Å². The molecule has 0 unspecified atom stereocenters. The van der Waals surface area contributed by atoms with Gasteiger partial charge in [-0.2, -0.15) is 0 Å². The quantitative estimate of drug-likeness (QED) is 0.866. The molecule has 148 valence electrons. The van der Waals surface area contributed by atoms with Crippen LogP contribution in [-0.2, 0) is 6.54 Å². The van der Waals surface area contributed by atoms with E-state index in [0.717, 1.165) is 17.7 Å². The highest BCUT2D eigenvalue weighted by Gasteiger charge is 2.29. The average molecular weight is 380 g/mol. The van der Waals surface area contributed by atoms with Crippen LogP contribution < -0.4 is 5.32 Å². The highest BCUT2D eigenvalue weighted by Crippen LogP contribution is 2.15. The minimum absolute atomic E-state index is 0.0331. The smallest absolute Gasteiger partial charge is 0.318 e. The molecular formula is C22H28N4O2. The molecule has 6 heteroatoms. The van der Waals surface area contributed by atoms with Crippen LogP contribution in [0.4, 0.5) is 4.79 Å². The molecule has 1 aliphatic rings. The Hall–Kier alpha value is -2.89. The van der Waals surface area contributed by atoms with Gasteiger partial charge in [0.15, 0.2) is 0 Å². The Kier molecular flexibility index (Phi) is 6.29. The van der Waals surface area contributed by atoms with Gasteiger partial charge in [0.2, 0.25) is 0 Å². The van der Waals surface area contributed by atoms with Crippen molar-refractivity contribution < 1.29 is 9.59 Å². The van der Waals surface area contributed by atoms with Crippen LogP contribution in [0.25, 0.3) is 0 Å². The zero-order valence-electron chi connectivity index (χ0n) is 16.8. The third-order valence-corrected chi connectivity index (χ3v) is 5.04. The van der Waals surface area contributed by atoms with Crippen molar-refractivity contribution in [3.05, 3.63) is 65.5 Å². The number of carbonyl (C=O) groups excluding carboxylic acids is 2. The third kappa shape index (κ3) is 4.88. The molecule has 1 N–H and O–H groups in total. The molecule has 1 atom stereocenters. The third-order valence-electron chi connectivity index (χ3n) is 5.04. The van der Waals surface area contributed by atoms with E-state index < -0.39 is 0 Å². The highest BCUT2D eigenvalue weighted by atomic mass is 16.2. The van der Waals surface area contributed by atoms with Crippen molar-refractivity contribution in [3.8, 4) is 0 Å². The van der Waals surface area contributed by atoms with Crippen LogP contribution in [0, 0.1) is 6.92 Å². The Morgan fingerprint density at radius 2 is 1.96 bits per heavy atom. The maximum Gasteiger partial charge on any atom is 0.318 e. The monoisotopic (exact) mass is 380 g/mol. The van der Waals surface area contributed by atoms with Crippen molar-refractivity contribution in [2.75, 3.05) is 13.1 Å². The maximum atomic E-state index is 12.8. The van der Waals surface area contributed by atoms with Crippen molar-refractivity contribution in [1.29, 1.82) is 0 Å². The van der Waals surface area contributed by atoms with Crippen LogP contribution in [0.5, 0.6) is 0 Å². The fourth-order valence-corrected chi connectivity index (χ4v) is 3.37.